The Kier molecular flexibility index (Phi) is 6.53. The lowest BCUT2D eigenvalue weighted by Gasteiger charge is -2.30. The van der Waals surface area contributed by atoms with Crippen LogP contribution in [-0.2, 0) is 11.2 Å². The topological polar surface area (TPSA) is 70.2 Å². The predicted octanol–water partition coefficient (Wildman–Crippen LogP) is 4.36. The van der Waals surface area contributed by atoms with Crippen molar-refractivity contribution in [3.8, 4) is 0 Å². The lowest BCUT2D eigenvalue weighted by Crippen LogP contribution is -2.47. The van der Waals surface area contributed by atoms with Gasteiger partial charge in [0, 0.05) is 18.0 Å². The summed E-state index contributed by atoms with van der Waals surface area (Å²) in [6.45, 7) is 3.92. The van der Waals surface area contributed by atoms with Crippen LogP contribution in [0.4, 0.5) is 4.79 Å². The van der Waals surface area contributed by atoms with Gasteiger partial charge < -0.3 is 16.0 Å². The Labute approximate surface area is 170 Å². The van der Waals surface area contributed by atoms with Crippen LogP contribution in [0.5, 0.6) is 0 Å². The van der Waals surface area contributed by atoms with Gasteiger partial charge in [-0.05, 0) is 63.1 Å². The largest absolute Gasteiger partial charge is 0.354 e. The Bertz CT molecular complexity index is 723. The monoisotopic (exact) mass is 411 g/mol. The van der Waals surface area contributed by atoms with Gasteiger partial charge in [0.05, 0.1) is 16.1 Å². The first-order valence-electron chi connectivity index (χ1n) is 9.69. The van der Waals surface area contributed by atoms with Crippen molar-refractivity contribution < 1.29 is 9.59 Å². The first-order chi connectivity index (χ1) is 12.8. The first-order valence-corrected chi connectivity index (χ1v) is 10.4. The number of nitrogens with one attached hydrogen (secondary N) is 3. The molecule has 3 atom stereocenters. The second-order valence-electron chi connectivity index (χ2n) is 7.86. The van der Waals surface area contributed by atoms with E-state index in [2.05, 4.69) is 16.0 Å². The van der Waals surface area contributed by atoms with Crippen molar-refractivity contribution in [1.29, 1.82) is 0 Å². The number of benzene rings is 1. The van der Waals surface area contributed by atoms with Crippen LogP contribution in [-0.4, -0.2) is 24.0 Å². The Morgan fingerprint density at radius 3 is 2.63 bits per heavy atom. The van der Waals surface area contributed by atoms with E-state index in [-0.39, 0.29) is 36.0 Å². The third kappa shape index (κ3) is 4.88. The second-order valence-corrected chi connectivity index (χ2v) is 8.65. The molecule has 3 amide bonds. The van der Waals surface area contributed by atoms with Gasteiger partial charge in [-0.1, -0.05) is 35.7 Å². The highest BCUT2D eigenvalue weighted by Crippen LogP contribution is 2.39. The first kappa shape index (κ1) is 20.3. The molecule has 3 N–H and O–H groups in total. The van der Waals surface area contributed by atoms with Crippen molar-refractivity contribution in [3.63, 3.8) is 0 Å². The van der Waals surface area contributed by atoms with E-state index in [9.17, 15) is 9.59 Å². The molecule has 1 aromatic rings. The number of halogens is 2. The van der Waals surface area contributed by atoms with E-state index in [0.29, 0.717) is 16.5 Å². The van der Waals surface area contributed by atoms with E-state index in [1.807, 2.05) is 19.9 Å². The zero-order chi connectivity index (χ0) is 19.6. The summed E-state index contributed by atoms with van der Waals surface area (Å²) < 4.78 is 0. The van der Waals surface area contributed by atoms with E-state index in [0.717, 1.165) is 43.2 Å². The maximum atomic E-state index is 12.5. The highest BCUT2D eigenvalue weighted by atomic mass is 35.5. The quantitative estimate of drug-likeness (QED) is 0.688. The summed E-state index contributed by atoms with van der Waals surface area (Å²) in [5.41, 5.74) is 2.06. The van der Waals surface area contributed by atoms with Crippen molar-refractivity contribution in [3.05, 3.63) is 33.3 Å². The van der Waals surface area contributed by atoms with Gasteiger partial charge in [0.2, 0.25) is 5.91 Å². The minimum atomic E-state index is -0.186. The van der Waals surface area contributed by atoms with Crippen molar-refractivity contribution in [2.45, 2.75) is 70.5 Å². The zero-order valence-electron chi connectivity index (χ0n) is 15.8. The van der Waals surface area contributed by atoms with E-state index >= 15 is 0 Å². The van der Waals surface area contributed by atoms with Gasteiger partial charge in [-0.15, -0.1) is 0 Å². The van der Waals surface area contributed by atoms with Gasteiger partial charge in [-0.25, -0.2) is 4.79 Å². The van der Waals surface area contributed by atoms with E-state index < -0.39 is 0 Å². The van der Waals surface area contributed by atoms with Gasteiger partial charge in [0.1, 0.15) is 0 Å². The molecule has 0 spiro atoms. The zero-order valence-corrected chi connectivity index (χ0v) is 17.3. The molecule has 2 aliphatic rings. The second kappa shape index (κ2) is 8.70. The fourth-order valence-electron chi connectivity index (χ4n) is 4.13. The van der Waals surface area contributed by atoms with Crippen LogP contribution in [0.25, 0.3) is 0 Å². The SMILES string of the molecule is CC(C)NC(=O)C1CCCC(NC(=O)NC2CCc3c2ccc(Cl)c3Cl)C1. The number of hydrogen-bond donors (Lipinski definition) is 3. The van der Waals surface area contributed by atoms with Crippen molar-refractivity contribution >= 4 is 35.1 Å². The maximum Gasteiger partial charge on any atom is 0.315 e. The number of hydrogen-bond acceptors (Lipinski definition) is 2. The Morgan fingerprint density at radius 1 is 1.11 bits per heavy atom. The lowest BCUT2D eigenvalue weighted by molar-refractivity contribution is -0.126. The van der Waals surface area contributed by atoms with Crippen LogP contribution in [0.1, 0.15) is 63.1 Å². The molecule has 148 valence electrons. The van der Waals surface area contributed by atoms with Gasteiger partial charge in [-0.2, -0.15) is 0 Å². The molecule has 1 aromatic carbocycles. The summed E-state index contributed by atoms with van der Waals surface area (Å²) in [6, 6.07) is 3.63. The minimum Gasteiger partial charge on any atom is -0.354 e. The third-order valence-electron chi connectivity index (χ3n) is 5.41. The standard InChI is InChI=1S/C20H27Cl2N3O2/c1-11(2)23-19(26)12-4-3-5-13(10-12)24-20(27)25-17-9-7-15-14(17)6-8-16(21)18(15)22/h6,8,11-13,17H,3-5,7,9-10H2,1-2H3,(H,23,26)(H2,24,25,27). The van der Waals surface area contributed by atoms with Gasteiger partial charge in [0.25, 0.3) is 0 Å². The molecule has 0 bridgehead atoms. The number of amides is 3. The number of carbonyl (C=O) groups is 2. The third-order valence-corrected chi connectivity index (χ3v) is 6.25. The fraction of sp³-hybridized carbons (Fsp3) is 0.600. The van der Waals surface area contributed by atoms with E-state index in [4.69, 9.17) is 23.2 Å². The molecule has 27 heavy (non-hydrogen) atoms. The molecule has 0 aromatic heterocycles. The van der Waals surface area contributed by atoms with Crippen LogP contribution in [0.15, 0.2) is 12.1 Å². The van der Waals surface area contributed by atoms with Crippen molar-refractivity contribution in [2.75, 3.05) is 0 Å². The smallest absolute Gasteiger partial charge is 0.315 e. The van der Waals surface area contributed by atoms with Gasteiger partial charge in [0.15, 0.2) is 0 Å². The van der Waals surface area contributed by atoms with E-state index in [1.54, 1.807) is 6.07 Å². The van der Waals surface area contributed by atoms with Crippen LogP contribution >= 0.6 is 23.2 Å². The lowest BCUT2D eigenvalue weighted by atomic mass is 9.85. The summed E-state index contributed by atoms with van der Waals surface area (Å²) in [5.74, 6) is 0.0627. The molecular weight excluding hydrogens is 385 g/mol. The number of rotatable bonds is 4. The van der Waals surface area contributed by atoms with Crippen molar-refractivity contribution in [2.24, 2.45) is 5.92 Å². The number of fused-ring (bicyclic) bond motifs is 1. The summed E-state index contributed by atoms with van der Waals surface area (Å²) in [7, 11) is 0. The van der Waals surface area contributed by atoms with Gasteiger partial charge >= 0.3 is 6.03 Å². The Hall–Kier alpha value is -1.46. The molecule has 7 heteroatoms. The molecule has 3 rings (SSSR count). The molecular formula is C20H27Cl2N3O2. The van der Waals surface area contributed by atoms with Crippen LogP contribution < -0.4 is 16.0 Å². The predicted molar refractivity (Wildman–Crippen MR) is 108 cm³/mol. The Balaban J connectivity index is 1.55. The maximum absolute atomic E-state index is 12.5. The van der Waals surface area contributed by atoms with Crippen LogP contribution in [0.2, 0.25) is 10.0 Å². The normalized spacial score (nSPS) is 24.4. The molecule has 0 radical (unpaired) electrons. The molecule has 2 aliphatic carbocycles. The summed E-state index contributed by atoms with van der Waals surface area (Å²) in [5, 5.41) is 10.2. The number of carbonyl (C=O) groups excluding carboxylic acids is 2. The average Bonchev–Trinajstić information content (AvgIpc) is 3.01. The molecule has 5 nitrogen and oxygen atoms in total. The Morgan fingerprint density at radius 2 is 1.89 bits per heavy atom. The van der Waals surface area contributed by atoms with Gasteiger partial charge in [-0.3, -0.25) is 4.79 Å². The van der Waals surface area contributed by atoms with E-state index in [1.165, 1.54) is 0 Å². The average molecular weight is 412 g/mol. The molecule has 0 heterocycles. The molecule has 0 saturated heterocycles. The summed E-state index contributed by atoms with van der Waals surface area (Å²) in [6.07, 6.45) is 5.04. The minimum absolute atomic E-state index is 0.0244. The fourth-order valence-corrected chi connectivity index (χ4v) is 4.57. The summed E-state index contributed by atoms with van der Waals surface area (Å²) in [4.78, 5) is 24.8. The van der Waals surface area contributed by atoms with Crippen molar-refractivity contribution in [1.82, 2.24) is 16.0 Å². The van der Waals surface area contributed by atoms with Crippen LogP contribution in [0.3, 0.4) is 0 Å². The summed E-state index contributed by atoms with van der Waals surface area (Å²) >= 11 is 12.4. The molecule has 1 saturated carbocycles. The highest BCUT2D eigenvalue weighted by molar-refractivity contribution is 6.42. The molecule has 0 aliphatic heterocycles. The molecule has 3 unspecified atom stereocenters. The molecule has 1 fully saturated rings. The van der Waals surface area contributed by atoms with Crippen LogP contribution in [0, 0.1) is 5.92 Å². The number of urea groups is 1. The highest BCUT2D eigenvalue weighted by Gasteiger charge is 2.30.